The van der Waals surface area contributed by atoms with Crippen LogP contribution in [-0.4, -0.2) is 0 Å². The van der Waals surface area contributed by atoms with Gasteiger partial charge in [-0.25, -0.2) is 0 Å². The minimum absolute atomic E-state index is 1.08. The Morgan fingerprint density at radius 1 is 0.700 bits per heavy atom. The number of rotatable bonds is 0. The maximum absolute atomic E-state index is 2.28. The lowest BCUT2D eigenvalue weighted by molar-refractivity contribution is 0.983. The summed E-state index contributed by atoms with van der Waals surface area (Å²) in [6.45, 7) is 2.28. The Hall–Kier alpha value is 0. The van der Waals surface area contributed by atoms with Crippen LogP contribution in [0.1, 0.15) is 58.3 Å². The smallest absolute Gasteiger partial charge is 0.0443 e. The van der Waals surface area contributed by atoms with Crippen molar-refractivity contribution in [2.24, 2.45) is 5.92 Å². The largest absolute Gasteiger partial charge is 0.0625 e. The summed E-state index contributed by atoms with van der Waals surface area (Å²) in [5.74, 6) is 1.08. The van der Waals surface area contributed by atoms with E-state index in [1.54, 1.807) is 0 Å². The summed E-state index contributed by atoms with van der Waals surface area (Å²) in [6.07, 6.45) is 12.0. The Kier molecular flexibility index (Phi) is 3.86. The van der Waals surface area contributed by atoms with Crippen molar-refractivity contribution in [1.82, 2.24) is 0 Å². The summed E-state index contributed by atoms with van der Waals surface area (Å²) in [5, 5.41) is 0. The molecule has 0 saturated heterocycles. The van der Waals surface area contributed by atoms with E-state index in [4.69, 9.17) is 0 Å². The topological polar surface area (TPSA) is 0 Å². The van der Waals surface area contributed by atoms with E-state index < -0.39 is 0 Å². The molecule has 0 radical (unpaired) electrons. The highest BCUT2D eigenvalue weighted by Crippen LogP contribution is 2.26. The first-order valence-corrected chi connectivity index (χ1v) is 4.89. The Balaban J connectivity index is 0.0000000762. The van der Waals surface area contributed by atoms with Gasteiger partial charge in [-0.2, -0.15) is 0 Å². The van der Waals surface area contributed by atoms with E-state index >= 15 is 0 Å². The van der Waals surface area contributed by atoms with Gasteiger partial charge in [-0.1, -0.05) is 58.3 Å². The molecule has 3 rings (SSSR count). The molecule has 3 aliphatic carbocycles. The molecule has 0 spiro atoms. The maximum atomic E-state index is 2.28. The van der Waals surface area contributed by atoms with Gasteiger partial charge in [0.2, 0.25) is 0 Å². The normalized spacial score (nSPS) is 24.9. The van der Waals surface area contributed by atoms with E-state index in [9.17, 15) is 0 Å². The van der Waals surface area contributed by atoms with Gasteiger partial charge in [0.1, 0.15) is 0 Å². The van der Waals surface area contributed by atoms with Crippen LogP contribution < -0.4 is 0 Å². The van der Waals surface area contributed by atoms with Crippen molar-refractivity contribution in [1.29, 1.82) is 0 Å². The van der Waals surface area contributed by atoms with Gasteiger partial charge in [-0.3, -0.25) is 0 Å². The summed E-state index contributed by atoms with van der Waals surface area (Å²) < 4.78 is 0. The van der Waals surface area contributed by atoms with Crippen molar-refractivity contribution in [3.63, 3.8) is 0 Å². The van der Waals surface area contributed by atoms with Crippen LogP contribution in [-0.2, 0) is 0 Å². The SMILES string of the molecule is C1CC1.C1CC1.CC1CC1. The molecule has 3 aliphatic rings. The third-order valence-corrected chi connectivity index (χ3v) is 1.57. The molecule has 0 aromatic rings. The van der Waals surface area contributed by atoms with Crippen LogP contribution in [0.15, 0.2) is 0 Å². The van der Waals surface area contributed by atoms with Crippen molar-refractivity contribution in [3.05, 3.63) is 0 Å². The molecular formula is C10H20. The zero-order chi connectivity index (χ0) is 7.23. The van der Waals surface area contributed by atoms with Crippen LogP contribution in [0.4, 0.5) is 0 Å². The lowest BCUT2D eigenvalue weighted by atomic mass is 10.5. The van der Waals surface area contributed by atoms with Crippen molar-refractivity contribution < 1.29 is 0 Å². The lowest BCUT2D eigenvalue weighted by Crippen LogP contribution is -1.42. The molecule has 0 bridgehead atoms. The molecule has 60 valence electrons. The van der Waals surface area contributed by atoms with Gasteiger partial charge in [0.15, 0.2) is 0 Å². The van der Waals surface area contributed by atoms with Crippen molar-refractivity contribution in [3.8, 4) is 0 Å². The minimum Gasteiger partial charge on any atom is -0.0625 e. The van der Waals surface area contributed by atoms with Gasteiger partial charge in [-0.05, 0) is 5.92 Å². The van der Waals surface area contributed by atoms with Gasteiger partial charge in [0.25, 0.3) is 0 Å². The van der Waals surface area contributed by atoms with Crippen LogP contribution in [0.3, 0.4) is 0 Å². The number of hydrogen-bond donors (Lipinski definition) is 0. The van der Waals surface area contributed by atoms with Crippen molar-refractivity contribution >= 4 is 0 Å². The zero-order valence-electron chi connectivity index (χ0n) is 7.23. The third kappa shape index (κ3) is 15.7. The maximum Gasteiger partial charge on any atom is -0.0443 e. The Morgan fingerprint density at radius 3 is 0.900 bits per heavy atom. The Morgan fingerprint density at radius 2 is 0.900 bits per heavy atom. The van der Waals surface area contributed by atoms with E-state index in [1.165, 1.54) is 51.4 Å². The zero-order valence-corrected chi connectivity index (χ0v) is 7.23. The second kappa shape index (κ2) is 4.76. The summed E-state index contributed by atoms with van der Waals surface area (Å²) in [5.41, 5.74) is 0. The first-order chi connectivity index (χ1) is 4.89. The van der Waals surface area contributed by atoms with Gasteiger partial charge >= 0.3 is 0 Å². The molecule has 3 saturated carbocycles. The molecule has 0 heterocycles. The van der Waals surface area contributed by atoms with Crippen molar-refractivity contribution in [2.45, 2.75) is 58.3 Å². The fraction of sp³-hybridized carbons (Fsp3) is 1.00. The van der Waals surface area contributed by atoms with Gasteiger partial charge < -0.3 is 0 Å². The highest BCUT2D eigenvalue weighted by atomic mass is 14.2. The van der Waals surface area contributed by atoms with Crippen LogP contribution in [0, 0.1) is 5.92 Å². The standard InChI is InChI=1S/C4H8.2C3H6/c1-4-2-3-4;2*1-2-3-1/h4H,2-3H2,1H3;2*1-3H2. The molecule has 0 unspecified atom stereocenters. The molecule has 10 heavy (non-hydrogen) atoms. The van der Waals surface area contributed by atoms with Crippen LogP contribution >= 0.6 is 0 Å². The minimum atomic E-state index is 1.08. The summed E-state index contributed by atoms with van der Waals surface area (Å²) in [4.78, 5) is 0. The fourth-order valence-corrected chi connectivity index (χ4v) is 0.167. The average Bonchev–Trinajstić information content (AvgIpc) is 2.71. The molecule has 0 nitrogen and oxygen atoms in total. The second-order valence-electron chi connectivity index (χ2n) is 3.80. The second-order valence-corrected chi connectivity index (χ2v) is 3.80. The van der Waals surface area contributed by atoms with E-state index in [1.807, 2.05) is 0 Å². The van der Waals surface area contributed by atoms with Crippen molar-refractivity contribution in [2.75, 3.05) is 0 Å². The van der Waals surface area contributed by atoms with Crippen LogP contribution in [0.5, 0.6) is 0 Å². The van der Waals surface area contributed by atoms with Crippen LogP contribution in [0.25, 0.3) is 0 Å². The summed E-state index contributed by atoms with van der Waals surface area (Å²) in [6, 6.07) is 0. The average molecular weight is 140 g/mol. The quantitative estimate of drug-likeness (QED) is 0.480. The van der Waals surface area contributed by atoms with Crippen LogP contribution in [0.2, 0.25) is 0 Å². The monoisotopic (exact) mass is 140 g/mol. The van der Waals surface area contributed by atoms with E-state index in [0.717, 1.165) is 5.92 Å². The molecule has 0 N–H and O–H groups in total. The molecule has 0 atom stereocenters. The molecular weight excluding hydrogens is 120 g/mol. The Labute approximate surface area is 65.0 Å². The highest BCUT2D eigenvalue weighted by molar-refractivity contribution is 4.65. The van der Waals surface area contributed by atoms with Gasteiger partial charge in [0, 0.05) is 0 Å². The Bertz CT molecular complexity index is 56.6. The first kappa shape index (κ1) is 8.10. The molecule has 0 heteroatoms. The van der Waals surface area contributed by atoms with E-state index in [0.29, 0.717) is 0 Å². The lowest BCUT2D eigenvalue weighted by Gasteiger charge is -1.53. The summed E-state index contributed by atoms with van der Waals surface area (Å²) >= 11 is 0. The predicted molar refractivity (Wildman–Crippen MR) is 46.1 cm³/mol. The number of hydrogen-bond acceptors (Lipinski definition) is 0. The fourth-order valence-electron chi connectivity index (χ4n) is 0.167. The molecule has 0 aliphatic heterocycles. The summed E-state index contributed by atoms with van der Waals surface area (Å²) in [7, 11) is 0. The van der Waals surface area contributed by atoms with Gasteiger partial charge in [-0.15, -0.1) is 0 Å². The molecule has 3 fully saturated rings. The first-order valence-electron chi connectivity index (χ1n) is 4.89. The van der Waals surface area contributed by atoms with E-state index in [-0.39, 0.29) is 0 Å². The molecule has 0 amide bonds. The molecule has 0 aromatic carbocycles. The van der Waals surface area contributed by atoms with Gasteiger partial charge in [0.05, 0.1) is 0 Å². The van der Waals surface area contributed by atoms with E-state index in [2.05, 4.69) is 6.92 Å². The highest BCUT2D eigenvalue weighted by Gasteiger charge is 2.12. The molecule has 0 aromatic heterocycles. The predicted octanol–water partition coefficient (Wildman–Crippen LogP) is 3.76. The third-order valence-electron chi connectivity index (χ3n) is 1.57.